The van der Waals surface area contributed by atoms with E-state index in [1.165, 1.54) is 18.9 Å². The second-order valence-electron chi connectivity index (χ2n) is 23.9. The molecule has 0 unspecified atom stereocenters. The van der Waals surface area contributed by atoms with Crippen LogP contribution in [0.1, 0.15) is 81.2 Å². The molecule has 5 aromatic heterocycles. The highest BCUT2D eigenvalue weighted by atomic mass is 16.2. The third kappa shape index (κ3) is 8.64. The molecule has 4 N–H and O–H groups in total. The summed E-state index contributed by atoms with van der Waals surface area (Å²) < 4.78 is 2.54. The van der Waals surface area contributed by atoms with Crippen LogP contribution < -0.4 is 43.5 Å². The average molecular weight is 1200 g/mol. The zero-order chi connectivity index (χ0) is 62.0. The number of hydrogen-bond donors (Lipinski definition) is 4. The van der Waals surface area contributed by atoms with Crippen molar-refractivity contribution in [2.75, 3.05) is 52.4 Å². The minimum absolute atomic E-state index is 0.282. The Morgan fingerprint density at radius 1 is 0.356 bits per heavy atom. The van der Waals surface area contributed by atoms with E-state index in [2.05, 4.69) is 31.2 Å². The largest absolute Gasteiger partial charge is 0.313 e. The molecule has 0 spiro atoms. The number of nitrogens with zero attached hydrogens (tertiary/aromatic N) is 8. The number of fused-ring (bicyclic) bond motifs is 8. The van der Waals surface area contributed by atoms with Crippen LogP contribution in [0, 0.1) is 0 Å². The van der Waals surface area contributed by atoms with E-state index in [4.69, 9.17) is 9.97 Å². The second-order valence-corrected chi connectivity index (χ2v) is 23.9. The van der Waals surface area contributed by atoms with E-state index in [-0.39, 0.29) is 36.7 Å². The summed E-state index contributed by atoms with van der Waals surface area (Å²) in [6, 6.07) is 30.2. The van der Waals surface area contributed by atoms with E-state index in [0.29, 0.717) is 137 Å². The lowest BCUT2D eigenvalue weighted by Crippen LogP contribution is -2.50. The topological polar surface area (TPSA) is 253 Å². The summed E-state index contributed by atoms with van der Waals surface area (Å²) in [4.78, 5) is 135. The van der Waals surface area contributed by atoms with Gasteiger partial charge in [0.2, 0.25) is 0 Å². The van der Waals surface area contributed by atoms with Crippen LogP contribution >= 0.6 is 0 Å². The van der Waals surface area contributed by atoms with Crippen LogP contribution in [0.2, 0.25) is 0 Å². The summed E-state index contributed by atoms with van der Waals surface area (Å²) in [5.41, 5.74) is 1.76. The third-order valence-corrected chi connectivity index (χ3v) is 18.3. The number of nitrogens with one attached hydrogen (secondary N) is 4. The Bertz CT molecular complexity index is 5200. The maximum absolute atomic E-state index is 14.6. The molecule has 446 valence electrons. The van der Waals surface area contributed by atoms with Crippen molar-refractivity contribution >= 4 is 132 Å². The molecule has 0 radical (unpaired) electrons. The Kier molecular flexibility index (Phi) is 13.6. The van der Waals surface area contributed by atoms with Gasteiger partial charge in [-0.15, -0.1) is 0 Å². The first-order chi connectivity index (χ1) is 43.7. The maximum Gasteiger partial charge on any atom is 0.261 e. The van der Waals surface area contributed by atoms with Crippen LogP contribution in [-0.4, -0.2) is 127 Å². The Morgan fingerprint density at radius 3 is 1.11 bits per heavy atom. The van der Waals surface area contributed by atoms with Gasteiger partial charge in [-0.1, -0.05) is 48.5 Å². The summed E-state index contributed by atoms with van der Waals surface area (Å²) in [7, 11) is 0. The number of pyridine rings is 4. The third-order valence-electron chi connectivity index (χ3n) is 18.3. The van der Waals surface area contributed by atoms with Crippen LogP contribution in [0.4, 0.5) is 0 Å². The summed E-state index contributed by atoms with van der Waals surface area (Å²) in [5, 5.41) is 23.2. The molecule has 7 heterocycles. The van der Waals surface area contributed by atoms with Crippen molar-refractivity contribution in [1.29, 1.82) is 0 Å². The maximum atomic E-state index is 14.6. The van der Waals surface area contributed by atoms with Crippen LogP contribution in [0.5, 0.6) is 0 Å². The minimum Gasteiger partial charge on any atom is -0.313 e. The summed E-state index contributed by atoms with van der Waals surface area (Å²) in [5.74, 6) is -1.39. The lowest BCUT2D eigenvalue weighted by molar-refractivity contribution is 0.0535. The molecule has 0 bridgehead atoms. The summed E-state index contributed by atoms with van der Waals surface area (Å²) in [6.07, 6.45) is 6.87. The number of benzene rings is 8. The van der Waals surface area contributed by atoms with Crippen molar-refractivity contribution in [2.24, 2.45) is 0 Å². The second kappa shape index (κ2) is 21.7. The fourth-order valence-electron chi connectivity index (χ4n) is 14.0. The smallest absolute Gasteiger partial charge is 0.261 e. The molecule has 13 aromatic rings. The molecule has 90 heavy (non-hydrogen) atoms. The molecule has 20 heteroatoms. The molecule has 2 aliphatic heterocycles. The number of aromatic nitrogens is 6. The van der Waals surface area contributed by atoms with E-state index in [1.54, 1.807) is 73.3 Å². The Hall–Kier alpha value is -10.4. The Morgan fingerprint density at radius 2 is 0.700 bits per heavy atom. The van der Waals surface area contributed by atoms with Gasteiger partial charge in [0.25, 0.3) is 45.9 Å². The molecule has 0 saturated carbocycles. The molecule has 4 amide bonds. The first-order valence-electron chi connectivity index (χ1n) is 30.3. The monoisotopic (exact) mass is 1190 g/mol. The lowest BCUT2D eigenvalue weighted by atomic mass is 9.90. The van der Waals surface area contributed by atoms with E-state index in [1.807, 2.05) is 88.4 Å². The van der Waals surface area contributed by atoms with Gasteiger partial charge in [-0.3, -0.25) is 67.3 Å². The molecular weight excluding hydrogens is 1140 g/mol. The predicted molar refractivity (Wildman–Crippen MR) is 350 cm³/mol. The molecule has 8 aromatic carbocycles. The number of imide groups is 2. The van der Waals surface area contributed by atoms with E-state index in [0.717, 1.165) is 32.3 Å². The minimum atomic E-state index is -0.565. The summed E-state index contributed by atoms with van der Waals surface area (Å²) >= 11 is 0. The van der Waals surface area contributed by atoms with Gasteiger partial charge in [-0.05, 0) is 110 Å². The van der Waals surface area contributed by atoms with Crippen LogP contribution in [0.15, 0.2) is 153 Å². The van der Waals surface area contributed by atoms with Gasteiger partial charge in [0.1, 0.15) is 0 Å². The highest BCUT2D eigenvalue weighted by molar-refractivity contribution is 6.31. The Labute approximate surface area is 510 Å². The fraction of sp³-hybridized carbons (Fsp3) is 0.229. The van der Waals surface area contributed by atoms with E-state index in [9.17, 15) is 38.4 Å². The van der Waals surface area contributed by atoms with Gasteiger partial charge >= 0.3 is 0 Å². The van der Waals surface area contributed by atoms with Crippen LogP contribution in [-0.2, 0) is 0 Å². The van der Waals surface area contributed by atoms with Crippen molar-refractivity contribution < 1.29 is 19.2 Å². The van der Waals surface area contributed by atoms with Crippen molar-refractivity contribution in [3.8, 4) is 0 Å². The predicted octanol–water partition coefficient (Wildman–Crippen LogP) is 7.57. The molecule has 15 rings (SSSR count). The van der Waals surface area contributed by atoms with Gasteiger partial charge in [-0.2, -0.15) is 0 Å². The van der Waals surface area contributed by atoms with Gasteiger partial charge < -0.3 is 21.3 Å². The van der Waals surface area contributed by atoms with Crippen molar-refractivity contribution in [3.63, 3.8) is 0 Å². The summed E-state index contributed by atoms with van der Waals surface area (Å²) in [6.45, 7) is 10.4. The lowest BCUT2D eigenvalue weighted by Gasteiger charge is -2.32. The van der Waals surface area contributed by atoms with Crippen molar-refractivity contribution in [3.05, 3.63) is 198 Å². The number of hydrogen-bond acceptors (Lipinski definition) is 16. The molecule has 20 nitrogen and oxygen atoms in total. The normalized spacial score (nSPS) is 15.0. The number of rotatable bonds is 18. The molecule has 0 aliphatic carbocycles. The van der Waals surface area contributed by atoms with Gasteiger partial charge in [0.05, 0.1) is 32.8 Å². The standard InChI is InChI=1S/C70H58N12O8/c1-35(79-63(83)45-13-5-9-41-53-33-71-19-17-39(53)25-49(57(41)45)67(79)87)29-73-21-23-75-31-37(3)81-65(85)47-15-7-11-43-59(47)51(69(81)89)27-55-61(43)78-56-28-52-60-44(62(56)77-55)12-8-16-48(60)66(86)82(70(52)90)38(4)32-76-24-22-74-30-36(2)80-64(84)46-14-6-10-42-54-34-72-20-18-40(54)26-50(58(42)46)68(80)88/h5-20,25-28,33-38,73-76H,21-24,29-32H2,1-4H3/t35-,36+,37-,38+. The highest BCUT2D eigenvalue weighted by Crippen LogP contribution is 2.39. The zero-order valence-corrected chi connectivity index (χ0v) is 49.5. The average Bonchev–Trinajstić information content (AvgIpc) is 0.742. The van der Waals surface area contributed by atoms with Gasteiger partial charge in [0, 0.05) is 177 Å². The SMILES string of the molecule is C[C@H](CNCCNC[C@@H](C)n1c(=O)c2cccc3c4nc5cc6c(=O)n([C@@H](C)CNCCNC[C@H](C)N7C(=O)c8cccc9c8c(cc8ccncc89)C7=O)c(=O)c7cccc(c5nc4cc(c1=O)c23)c76)N1C(=O)c2cccc3c2c(cc2ccncc23)C1=O. The molecular formula is C70H58N12O8. The quantitative estimate of drug-likeness (QED) is 0.0280. The van der Waals surface area contributed by atoms with E-state index >= 15 is 0 Å². The number of carbonyl (C=O) groups is 4. The first-order valence-corrected chi connectivity index (χ1v) is 30.3. The molecule has 2 aliphatic rings. The van der Waals surface area contributed by atoms with Crippen molar-refractivity contribution in [2.45, 2.75) is 51.9 Å². The van der Waals surface area contributed by atoms with Gasteiger partial charge in [-0.25, -0.2) is 9.97 Å². The number of carbonyl (C=O) groups excluding carboxylic acids is 4. The fourth-order valence-corrected chi connectivity index (χ4v) is 14.0. The molecule has 0 fully saturated rings. The zero-order valence-electron chi connectivity index (χ0n) is 49.5. The first kappa shape index (κ1) is 56.2. The number of amides is 4. The van der Waals surface area contributed by atoms with Gasteiger partial charge in [0.15, 0.2) is 0 Å². The van der Waals surface area contributed by atoms with Crippen LogP contribution in [0.25, 0.3) is 108 Å². The highest BCUT2D eigenvalue weighted by Gasteiger charge is 2.38. The molecule has 0 saturated heterocycles. The molecule has 4 atom stereocenters. The van der Waals surface area contributed by atoms with Crippen molar-refractivity contribution in [1.82, 2.24) is 60.1 Å². The Balaban J connectivity index is 0.620. The van der Waals surface area contributed by atoms with E-state index < -0.39 is 46.4 Å². The van der Waals surface area contributed by atoms with Crippen LogP contribution in [0.3, 0.4) is 0 Å².